The van der Waals surface area contributed by atoms with Gasteiger partial charge in [-0.3, -0.25) is 0 Å². The molecule has 0 saturated carbocycles. The van der Waals surface area contributed by atoms with Crippen molar-refractivity contribution in [3.63, 3.8) is 0 Å². The minimum absolute atomic E-state index is 0.0578. The van der Waals surface area contributed by atoms with Gasteiger partial charge in [0.05, 0.1) is 37.1 Å². The van der Waals surface area contributed by atoms with Crippen LogP contribution in [-0.4, -0.2) is 45.0 Å². The fourth-order valence-electron chi connectivity index (χ4n) is 2.23. The van der Waals surface area contributed by atoms with Crippen molar-refractivity contribution >= 4 is 41.0 Å². The van der Waals surface area contributed by atoms with Gasteiger partial charge in [0.2, 0.25) is 0 Å². The first kappa shape index (κ1) is 20.4. The number of rotatable bonds is 4. The molecule has 1 aromatic carbocycles. The van der Waals surface area contributed by atoms with Crippen molar-refractivity contribution in [1.29, 1.82) is 0 Å². The summed E-state index contributed by atoms with van der Waals surface area (Å²) in [6.07, 6.45) is 0. The predicted molar refractivity (Wildman–Crippen MR) is 87.7 cm³/mol. The van der Waals surface area contributed by atoms with Crippen molar-refractivity contribution in [2.75, 3.05) is 32.5 Å². The number of nitrogens with zero attached hydrogens (tertiary/aromatic N) is 1. The van der Waals surface area contributed by atoms with Crippen LogP contribution in [0, 0.1) is 0 Å². The molecule has 26 heavy (non-hydrogen) atoms. The minimum atomic E-state index is -4.50. The van der Waals surface area contributed by atoms with E-state index in [2.05, 4.69) is 9.47 Å². The maximum absolute atomic E-state index is 12.6. The summed E-state index contributed by atoms with van der Waals surface area (Å²) in [5.74, 6) is -1.70. The van der Waals surface area contributed by atoms with Gasteiger partial charge in [-0.15, -0.1) is 0 Å². The summed E-state index contributed by atoms with van der Waals surface area (Å²) < 4.78 is 52.5. The highest BCUT2D eigenvalue weighted by Crippen LogP contribution is 2.41. The molecule has 0 saturated heterocycles. The van der Waals surface area contributed by atoms with Gasteiger partial charge in [0, 0.05) is 4.90 Å². The van der Waals surface area contributed by atoms with Gasteiger partial charge in [-0.2, -0.15) is 13.2 Å². The quantitative estimate of drug-likeness (QED) is 0.556. The van der Waals surface area contributed by atoms with Gasteiger partial charge in [0.15, 0.2) is 0 Å². The number of carbonyl (C=O) groups is 2. The molecule has 1 aliphatic heterocycles. The Morgan fingerprint density at radius 1 is 1.23 bits per heavy atom. The zero-order valence-electron chi connectivity index (χ0n) is 13.6. The summed E-state index contributed by atoms with van der Waals surface area (Å²) in [6, 6.07) is 3.59. The lowest BCUT2D eigenvalue weighted by atomic mass is 10.1. The number of halogens is 4. The minimum Gasteiger partial charge on any atom is -0.466 e. The smallest absolute Gasteiger partial charge is 0.446 e. The SMILES string of the molecule is COC(=O)C1=C(C(=O)OC)N(c2cc(SC(F)(F)F)ccc2Cl)COC1. The van der Waals surface area contributed by atoms with Crippen molar-refractivity contribution in [3.8, 4) is 0 Å². The lowest BCUT2D eigenvalue weighted by Gasteiger charge is -2.32. The van der Waals surface area contributed by atoms with Crippen molar-refractivity contribution in [2.24, 2.45) is 0 Å². The van der Waals surface area contributed by atoms with Crippen molar-refractivity contribution in [3.05, 3.63) is 34.5 Å². The summed E-state index contributed by atoms with van der Waals surface area (Å²) in [6.45, 7) is -0.437. The Balaban J connectivity index is 2.56. The van der Waals surface area contributed by atoms with Gasteiger partial charge in [0.25, 0.3) is 0 Å². The number of methoxy groups -OCH3 is 2. The highest BCUT2D eigenvalue weighted by Gasteiger charge is 2.34. The molecule has 1 aromatic rings. The van der Waals surface area contributed by atoms with E-state index in [-0.39, 0.29) is 52.0 Å². The first-order chi connectivity index (χ1) is 12.2. The molecule has 2 rings (SSSR count). The second-order valence-electron chi connectivity index (χ2n) is 4.88. The molecule has 1 heterocycles. The third-order valence-corrected chi connectivity index (χ3v) is 4.32. The molecule has 0 bridgehead atoms. The number of anilines is 1. The summed E-state index contributed by atoms with van der Waals surface area (Å²) in [7, 11) is 2.23. The first-order valence-corrected chi connectivity index (χ1v) is 8.17. The second kappa shape index (κ2) is 8.19. The molecule has 0 unspecified atom stereocenters. The van der Waals surface area contributed by atoms with Gasteiger partial charge in [-0.25, -0.2) is 9.59 Å². The fourth-order valence-corrected chi connectivity index (χ4v) is 3.02. The lowest BCUT2D eigenvalue weighted by molar-refractivity contribution is -0.140. The molecule has 1 aliphatic rings. The lowest BCUT2D eigenvalue weighted by Crippen LogP contribution is -2.39. The van der Waals surface area contributed by atoms with Crippen LogP contribution < -0.4 is 4.90 Å². The van der Waals surface area contributed by atoms with E-state index in [0.717, 1.165) is 20.3 Å². The summed E-state index contributed by atoms with van der Waals surface area (Å²) in [5, 5.41) is 0.0626. The van der Waals surface area contributed by atoms with Crippen LogP contribution in [-0.2, 0) is 23.8 Å². The van der Waals surface area contributed by atoms with Crippen LogP contribution in [0.4, 0.5) is 18.9 Å². The van der Waals surface area contributed by atoms with Gasteiger partial charge in [-0.05, 0) is 30.0 Å². The van der Waals surface area contributed by atoms with Crippen molar-refractivity contribution in [2.45, 2.75) is 10.4 Å². The van der Waals surface area contributed by atoms with Crippen LogP contribution in [0.3, 0.4) is 0 Å². The summed E-state index contributed by atoms with van der Waals surface area (Å²) in [5.41, 5.74) is -4.78. The maximum atomic E-state index is 12.6. The number of hydrogen-bond donors (Lipinski definition) is 0. The van der Waals surface area contributed by atoms with E-state index in [0.29, 0.717) is 0 Å². The Labute approximate surface area is 155 Å². The molecule has 0 aromatic heterocycles. The van der Waals surface area contributed by atoms with Crippen molar-refractivity contribution < 1.29 is 37.0 Å². The second-order valence-corrected chi connectivity index (χ2v) is 6.42. The van der Waals surface area contributed by atoms with Gasteiger partial charge in [-0.1, -0.05) is 11.6 Å². The number of benzene rings is 1. The largest absolute Gasteiger partial charge is 0.466 e. The van der Waals surface area contributed by atoms with Crippen LogP contribution in [0.15, 0.2) is 34.4 Å². The van der Waals surface area contributed by atoms with E-state index < -0.39 is 17.4 Å². The van der Waals surface area contributed by atoms with E-state index in [9.17, 15) is 22.8 Å². The van der Waals surface area contributed by atoms with Gasteiger partial charge < -0.3 is 19.1 Å². The third kappa shape index (κ3) is 4.63. The highest BCUT2D eigenvalue weighted by atomic mass is 35.5. The number of hydrogen-bond acceptors (Lipinski definition) is 7. The maximum Gasteiger partial charge on any atom is 0.446 e. The van der Waals surface area contributed by atoms with E-state index >= 15 is 0 Å². The molecular formula is C15H13ClF3NO5S. The number of alkyl halides is 3. The Kier molecular flexibility index (Phi) is 6.43. The average molecular weight is 412 g/mol. The van der Waals surface area contributed by atoms with E-state index in [1.807, 2.05) is 0 Å². The van der Waals surface area contributed by atoms with Crippen molar-refractivity contribution in [1.82, 2.24) is 0 Å². The molecule has 0 amide bonds. The first-order valence-electron chi connectivity index (χ1n) is 6.98. The number of carbonyl (C=O) groups excluding carboxylic acids is 2. The normalized spacial score (nSPS) is 15.1. The third-order valence-electron chi connectivity index (χ3n) is 3.28. The van der Waals surface area contributed by atoms with Crippen LogP contribution in [0.2, 0.25) is 5.02 Å². The predicted octanol–water partition coefficient (Wildman–Crippen LogP) is 3.35. The standard InChI is InChI=1S/C15H13ClF3NO5S/c1-23-13(21)9-6-25-7-20(12(9)14(22)24-2)11-5-8(3-4-10(11)16)26-15(17,18)19/h3-5H,6-7H2,1-2H3. The van der Waals surface area contributed by atoms with Gasteiger partial charge >= 0.3 is 17.4 Å². The van der Waals surface area contributed by atoms with E-state index in [1.165, 1.54) is 17.0 Å². The molecule has 0 N–H and O–H groups in total. The molecule has 11 heteroatoms. The number of esters is 2. The van der Waals surface area contributed by atoms with Crippen LogP contribution in [0.5, 0.6) is 0 Å². The molecule has 0 aliphatic carbocycles. The molecule has 0 fully saturated rings. The Hall–Kier alpha value is -1.91. The molecule has 6 nitrogen and oxygen atoms in total. The molecule has 0 spiro atoms. The molecular weight excluding hydrogens is 399 g/mol. The monoisotopic (exact) mass is 411 g/mol. The molecule has 0 radical (unpaired) electrons. The Morgan fingerprint density at radius 2 is 1.88 bits per heavy atom. The summed E-state index contributed by atoms with van der Waals surface area (Å²) >= 11 is 5.76. The average Bonchev–Trinajstić information content (AvgIpc) is 2.60. The summed E-state index contributed by atoms with van der Waals surface area (Å²) in [4.78, 5) is 25.2. The Morgan fingerprint density at radius 3 is 2.46 bits per heavy atom. The van der Waals surface area contributed by atoms with Crippen LogP contribution >= 0.6 is 23.4 Å². The molecule has 142 valence electrons. The topological polar surface area (TPSA) is 65.1 Å². The zero-order valence-corrected chi connectivity index (χ0v) is 15.1. The highest BCUT2D eigenvalue weighted by molar-refractivity contribution is 8.00. The Bertz CT molecular complexity index is 753. The van der Waals surface area contributed by atoms with Crippen LogP contribution in [0.25, 0.3) is 0 Å². The molecule has 0 atom stereocenters. The zero-order chi connectivity index (χ0) is 19.5. The van der Waals surface area contributed by atoms with E-state index in [1.54, 1.807) is 0 Å². The van der Waals surface area contributed by atoms with Crippen LogP contribution in [0.1, 0.15) is 0 Å². The number of ether oxygens (including phenoxy) is 3. The van der Waals surface area contributed by atoms with Gasteiger partial charge in [0.1, 0.15) is 12.4 Å². The number of thioether (sulfide) groups is 1. The van der Waals surface area contributed by atoms with E-state index in [4.69, 9.17) is 16.3 Å². The fraction of sp³-hybridized carbons (Fsp3) is 0.333.